The Labute approximate surface area is 166 Å². The molecule has 0 fully saturated rings. The first-order chi connectivity index (χ1) is 13.0. The minimum absolute atomic E-state index is 0.148. The van der Waals surface area contributed by atoms with Crippen LogP contribution in [-0.2, 0) is 11.3 Å². The fourth-order valence-corrected chi connectivity index (χ4v) is 3.66. The normalized spacial score (nSPS) is 11.9. The van der Waals surface area contributed by atoms with Gasteiger partial charge in [-0.05, 0) is 37.3 Å². The lowest BCUT2D eigenvalue weighted by atomic mass is 10.2. The van der Waals surface area contributed by atoms with Crippen LogP contribution in [0.4, 0.5) is 5.69 Å². The van der Waals surface area contributed by atoms with Crippen LogP contribution in [0.5, 0.6) is 0 Å². The zero-order valence-electron chi connectivity index (χ0n) is 14.7. The number of anilines is 1. The highest BCUT2D eigenvalue weighted by atomic mass is 35.5. The Morgan fingerprint density at radius 3 is 2.85 bits per heavy atom. The van der Waals surface area contributed by atoms with Crippen molar-refractivity contribution in [1.29, 1.82) is 0 Å². The molecular formula is C20H18ClN3O2S. The van der Waals surface area contributed by atoms with Gasteiger partial charge in [0, 0.05) is 17.3 Å². The molecule has 0 aliphatic carbocycles. The third kappa shape index (κ3) is 4.40. The average molecular weight is 400 g/mol. The van der Waals surface area contributed by atoms with Gasteiger partial charge in [-0.3, -0.25) is 14.2 Å². The number of benzene rings is 2. The highest BCUT2D eigenvalue weighted by Crippen LogP contribution is 2.24. The molecule has 1 atom stereocenters. The summed E-state index contributed by atoms with van der Waals surface area (Å²) in [6.07, 6.45) is 1.64. The van der Waals surface area contributed by atoms with Crippen molar-refractivity contribution < 1.29 is 4.79 Å². The zero-order valence-corrected chi connectivity index (χ0v) is 16.3. The van der Waals surface area contributed by atoms with Crippen LogP contribution in [0, 0.1) is 0 Å². The molecule has 1 amide bonds. The molecule has 138 valence electrons. The van der Waals surface area contributed by atoms with Crippen molar-refractivity contribution in [2.45, 2.75) is 23.9 Å². The number of carbonyl (C=O) groups is 1. The molecule has 0 saturated heterocycles. The van der Waals surface area contributed by atoms with E-state index in [1.165, 1.54) is 16.3 Å². The number of nitrogens with zero attached hydrogens (tertiary/aromatic N) is 2. The summed E-state index contributed by atoms with van der Waals surface area (Å²) in [6.45, 7) is 5.80. The topological polar surface area (TPSA) is 64.0 Å². The molecule has 3 aromatic rings. The van der Waals surface area contributed by atoms with E-state index in [2.05, 4.69) is 16.9 Å². The van der Waals surface area contributed by atoms with Gasteiger partial charge >= 0.3 is 0 Å². The number of aromatic nitrogens is 2. The molecule has 1 aromatic heterocycles. The summed E-state index contributed by atoms with van der Waals surface area (Å²) in [5.74, 6) is -0.199. The third-order valence-electron chi connectivity index (χ3n) is 3.88. The second kappa shape index (κ2) is 8.41. The number of hydrogen-bond donors (Lipinski definition) is 1. The van der Waals surface area contributed by atoms with E-state index in [0.717, 1.165) is 0 Å². The minimum Gasteiger partial charge on any atom is -0.325 e. The van der Waals surface area contributed by atoms with Crippen molar-refractivity contribution in [2.75, 3.05) is 5.32 Å². The molecule has 1 heterocycles. The monoisotopic (exact) mass is 399 g/mol. The van der Waals surface area contributed by atoms with Crippen LogP contribution >= 0.6 is 23.4 Å². The van der Waals surface area contributed by atoms with Gasteiger partial charge < -0.3 is 5.32 Å². The Hall–Kier alpha value is -2.57. The number of thioether (sulfide) groups is 1. The lowest BCUT2D eigenvalue weighted by molar-refractivity contribution is -0.115. The number of para-hydroxylation sites is 1. The fourth-order valence-electron chi connectivity index (χ4n) is 2.55. The molecule has 0 aliphatic heterocycles. The second-order valence-corrected chi connectivity index (χ2v) is 7.62. The molecule has 0 aliphatic rings. The number of hydrogen-bond acceptors (Lipinski definition) is 4. The molecule has 5 nitrogen and oxygen atoms in total. The predicted octanol–water partition coefficient (Wildman–Crippen LogP) is 4.36. The van der Waals surface area contributed by atoms with E-state index >= 15 is 0 Å². The van der Waals surface area contributed by atoms with Crippen LogP contribution in [0.2, 0.25) is 5.02 Å². The van der Waals surface area contributed by atoms with Gasteiger partial charge in [-0.2, -0.15) is 0 Å². The smallest absolute Gasteiger partial charge is 0.262 e. The van der Waals surface area contributed by atoms with Gasteiger partial charge in [0.25, 0.3) is 5.56 Å². The maximum atomic E-state index is 12.8. The lowest BCUT2D eigenvalue weighted by Crippen LogP contribution is -2.26. The predicted molar refractivity (Wildman–Crippen MR) is 112 cm³/mol. The number of allylic oxidation sites excluding steroid dienone is 1. The van der Waals surface area contributed by atoms with Crippen molar-refractivity contribution in [3.63, 3.8) is 0 Å². The van der Waals surface area contributed by atoms with E-state index in [9.17, 15) is 9.59 Å². The summed E-state index contributed by atoms with van der Waals surface area (Å²) < 4.78 is 1.53. The van der Waals surface area contributed by atoms with Crippen LogP contribution in [0.1, 0.15) is 6.92 Å². The largest absolute Gasteiger partial charge is 0.325 e. The van der Waals surface area contributed by atoms with Gasteiger partial charge in [0.05, 0.1) is 16.2 Å². The molecular weight excluding hydrogens is 382 g/mol. The van der Waals surface area contributed by atoms with Gasteiger partial charge in [0.1, 0.15) is 0 Å². The van der Waals surface area contributed by atoms with Gasteiger partial charge in [-0.1, -0.05) is 47.6 Å². The summed E-state index contributed by atoms with van der Waals surface area (Å²) in [5, 5.41) is 3.93. The van der Waals surface area contributed by atoms with E-state index < -0.39 is 5.25 Å². The first-order valence-electron chi connectivity index (χ1n) is 8.33. The maximum absolute atomic E-state index is 12.8. The van der Waals surface area contributed by atoms with Crippen molar-refractivity contribution in [1.82, 2.24) is 9.55 Å². The molecule has 0 radical (unpaired) electrons. The highest BCUT2D eigenvalue weighted by molar-refractivity contribution is 8.00. The fraction of sp³-hybridized carbons (Fsp3) is 0.150. The summed E-state index contributed by atoms with van der Waals surface area (Å²) in [7, 11) is 0. The van der Waals surface area contributed by atoms with Gasteiger partial charge in [0.2, 0.25) is 5.91 Å². The molecule has 0 saturated carbocycles. The number of halogens is 1. The van der Waals surface area contributed by atoms with Crippen LogP contribution in [0.25, 0.3) is 10.9 Å². The number of nitrogens with one attached hydrogen (secondary N) is 1. The quantitative estimate of drug-likeness (QED) is 0.380. The van der Waals surface area contributed by atoms with Gasteiger partial charge in [-0.15, -0.1) is 6.58 Å². The number of fused-ring (bicyclic) bond motifs is 1. The van der Waals surface area contributed by atoms with Crippen LogP contribution < -0.4 is 10.9 Å². The van der Waals surface area contributed by atoms with Crippen molar-refractivity contribution in [3.05, 3.63) is 76.6 Å². The van der Waals surface area contributed by atoms with E-state index in [0.29, 0.717) is 33.3 Å². The van der Waals surface area contributed by atoms with Crippen LogP contribution in [-0.4, -0.2) is 20.7 Å². The molecule has 0 unspecified atom stereocenters. The van der Waals surface area contributed by atoms with Gasteiger partial charge in [0.15, 0.2) is 5.16 Å². The summed E-state index contributed by atoms with van der Waals surface area (Å²) in [5.41, 5.74) is 1.08. The lowest BCUT2D eigenvalue weighted by Gasteiger charge is -2.15. The Kier molecular flexibility index (Phi) is 5.98. The number of amides is 1. The van der Waals surface area contributed by atoms with Crippen molar-refractivity contribution in [3.8, 4) is 0 Å². The SMILES string of the molecule is C=CCn1c(S[C@H](C)C(=O)Nc2cccc(Cl)c2)nc2ccccc2c1=O. The van der Waals surface area contributed by atoms with E-state index in [1.807, 2.05) is 6.07 Å². The molecule has 2 aromatic carbocycles. The third-order valence-corrected chi connectivity index (χ3v) is 5.21. The van der Waals surface area contributed by atoms with Crippen molar-refractivity contribution in [2.24, 2.45) is 0 Å². The number of rotatable bonds is 6. The first-order valence-corrected chi connectivity index (χ1v) is 9.59. The van der Waals surface area contributed by atoms with Gasteiger partial charge in [-0.25, -0.2) is 4.98 Å². The molecule has 27 heavy (non-hydrogen) atoms. The maximum Gasteiger partial charge on any atom is 0.262 e. The van der Waals surface area contributed by atoms with Crippen molar-refractivity contribution >= 4 is 45.9 Å². The molecule has 3 rings (SSSR count). The van der Waals surface area contributed by atoms with Crippen LogP contribution in [0.15, 0.2) is 71.1 Å². The summed E-state index contributed by atoms with van der Waals surface area (Å²) in [6, 6.07) is 14.1. The van der Waals surface area contributed by atoms with E-state index in [1.54, 1.807) is 55.5 Å². The molecule has 7 heteroatoms. The van der Waals surface area contributed by atoms with Crippen LogP contribution in [0.3, 0.4) is 0 Å². The summed E-state index contributed by atoms with van der Waals surface area (Å²) in [4.78, 5) is 29.9. The highest BCUT2D eigenvalue weighted by Gasteiger charge is 2.19. The molecule has 0 spiro atoms. The Morgan fingerprint density at radius 1 is 1.33 bits per heavy atom. The molecule has 0 bridgehead atoms. The standard InChI is InChI=1S/C20H18ClN3O2S/c1-3-11-24-19(26)16-9-4-5-10-17(16)23-20(24)27-13(2)18(25)22-15-8-6-7-14(21)12-15/h3-10,12-13H,1,11H2,2H3,(H,22,25)/t13-/m1/s1. The first kappa shape index (κ1) is 19.2. The minimum atomic E-state index is -0.465. The van der Waals surface area contributed by atoms with E-state index in [-0.39, 0.29) is 11.5 Å². The Morgan fingerprint density at radius 2 is 2.11 bits per heavy atom. The summed E-state index contributed by atoms with van der Waals surface area (Å²) >= 11 is 7.18. The number of carbonyl (C=O) groups excluding carboxylic acids is 1. The zero-order chi connectivity index (χ0) is 19.4. The Bertz CT molecular complexity index is 1060. The Balaban J connectivity index is 1.88. The average Bonchev–Trinajstić information content (AvgIpc) is 2.65. The second-order valence-electron chi connectivity index (χ2n) is 5.88. The molecule has 1 N–H and O–H groups in total. The van der Waals surface area contributed by atoms with E-state index in [4.69, 9.17) is 11.6 Å².